The minimum Gasteiger partial charge on any atom is -0.481 e. The van der Waals surface area contributed by atoms with Crippen LogP contribution in [0.1, 0.15) is 48.2 Å². The van der Waals surface area contributed by atoms with Gasteiger partial charge in [-0.2, -0.15) is 0 Å². The molecule has 1 heterocycles. The van der Waals surface area contributed by atoms with Crippen LogP contribution in [0, 0.1) is 6.92 Å². The van der Waals surface area contributed by atoms with Crippen LogP contribution in [-0.2, 0) is 4.79 Å². The summed E-state index contributed by atoms with van der Waals surface area (Å²) >= 11 is 6.08. The maximum Gasteiger partial charge on any atom is 0.303 e. The molecule has 0 atom stereocenters. The number of para-hydroxylation sites is 1. The quantitative estimate of drug-likeness (QED) is 0.709. The number of furan rings is 1. The van der Waals surface area contributed by atoms with Gasteiger partial charge >= 0.3 is 5.97 Å². The Morgan fingerprint density at radius 2 is 1.96 bits per heavy atom. The van der Waals surface area contributed by atoms with Crippen LogP contribution in [0.4, 0.5) is 0 Å². The summed E-state index contributed by atoms with van der Waals surface area (Å²) in [4.78, 5) is 22.6. The molecular formula is C17H20ClNO4. The molecule has 1 amide bonds. The highest BCUT2D eigenvalue weighted by atomic mass is 35.5. The number of halogens is 1. The van der Waals surface area contributed by atoms with E-state index in [2.05, 4.69) is 5.32 Å². The number of amides is 1. The minimum atomic E-state index is -0.766. The average molecular weight is 338 g/mol. The van der Waals surface area contributed by atoms with Crippen molar-refractivity contribution in [3.8, 4) is 0 Å². The van der Waals surface area contributed by atoms with Gasteiger partial charge in [-0.25, -0.2) is 0 Å². The first kappa shape index (κ1) is 17.3. The van der Waals surface area contributed by atoms with Gasteiger partial charge in [-0.05, 0) is 25.8 Å². The van der Waals surface area contributed by atoms with Crippen LogP contribution in [0.25, 0.3) is 11.0 Å². The van der Waals surface area contributed by atoms with Gasteiger partial charge < -0.3 is 14.8 Å². The van der Waals surface area contributed by atoms with Gasteiger partial charge in [0.15, 0.2) is 11.3 Å². The van der Waals surface area contributed by atoms with Crippen LogP contribution in [0.15, 0.2) is 22.6 Å². The van der Waals surface area contributed by atoms with E-state index in [1.807, 2.05) is 19.1 Å². The number of hydrogen-bond donors (Lipinski definition) is 2. The van der Waals surface area contributed by atoms with Crippen molar-refractivity contribution in [3.05, 3.63) is 34.5 Å². The molecule has 2 N–H and O–H groups in total. The molecule has 0 radical (unpaired) electrons. The van der Waals surface area contributed by atoms with E-state index < -0.39 is 5.97 Å². The third kappa shape index (κ3) is 4.48. The zero-order valence-electron chi connectivity index (χ0n) is 13.0. The van der Waals surface area contributed by atoms with Crippen molar-refractivity contribution in [2.75, 3.05) is 6.54 Å². The molecule has 2 rings (SSSR count). The third-order valence-corrected chi connectivity index (χ3v) is 4.02. The van der Waals surface area contributed by atoms with E-state index in [1.165, 1.54) is 0 Å². The fraction of sp³-hybridized carbons (Fsp3) is 0.412. The van der Waals surface area contributed by atoms with Gasteiger partial charge in [-0.3, -0.25) is 9.59 Å². The molecule has 0 unspecified atom stereocenters. The second kappa shape index (κ2) is 8.02. The number of carbonyl (C=O) groups is 2. The molecule has 0 saturated heterocycles. The second-order valence-electron chi connectivity index (χ2n) is 5.49. The molecule has 2 aromatic rings. The fourth-order valence-electron chi connectivity index (χ4n) is 2.46. The molecule has 1 aromatic heterocycles. The Morgan fingerprint density at radius 3 is 2.65 bits per heavy atom. The Morgan fingerprint density at radius 1 is 1.22 bits per heavy atom. The molecule has 0 aliphatic rings. The van der Waals surface area contributed by atoms with Crippen molar-refractivity contribution in [2.24, 2.45) is 0 Å². The molecule has 23 heavy (non-hydrogen) atoms. The zero-order valence-corrected chi connectivity index (χ0v) is 13.8. The topological polar surface area (TPSA) is 79.5 Å². The Bertz CT molecular complexity index is 708. The number of rotatable bonds is 8. The summed E-state index contributed by atoms with van der Waals surface area (Å²) in [6.45, 7) is 2.37. The summed E-state index contributed by atoms with van der Waals surface area (Å²) in [5.41, 5.74) is 1.31. The number of aliphatic carboxylic acids is 1. The standard InChI is InChI=1S/C17H20ClNO4/c1-11-12-7-6-8-13(18)16(12)23-15(11)17(22)19-10-5-3-2-4-9-14(20)21/h6-8H,2-5,9-10H2,1H3,(H,19,22)(H,20,21). The lowest BCUT2D eigenvalue weighted by atomic mass is 10.1. The summed E-state index contributed by atoms with van der Waals surface area (Å²) in [5.74, 6) is -0.725. The van der Waals surface area contributed by atoms with Crippen molar-refractivity contribution in [1.29, 1.82) is 0 Å². The van der Waals surface area contributed by atoms with Gasteiger partial charge in [0, 0.05) is 23.9 Å². The SMILES string of the molecule is Cc1c(C(=O)NCCCCCCC(=O)O)oc2c(Cl)cccc12. The average Bonchev–Trinajstić information content (AvgIpc) is 2.85. The van der Waals surface area contributed by atoms with Gasteiger partial charge in [0.1, 0.15) is 0 Å². The van der Waals surface area contributed by atoms with E-state index >= 15 is 0 Å². The molecule has 0 spiro atoms. The summed E-state index contributed by atoms with van der Waals surface area (Å²) in [7, 11) is 0. The van der Waals surface area contributed by atoms with E-state index in [0.29, 0.717) is 29.3 Å². The summed E-state index contributed by atoms with van der Waals surface area (Å²) in [6.07, 6.45) is 3.42. The van der Waals surface area contributed by atoms with Crippen molar-refractivity contribution < 1.29 is 19.1 Å². The number of unbranched alkanes of at least 4 members (excludes halogenated alkanes) is 3. The van der Waals surface area contributed by atoms with Crippen LogP contribution >= 0.6 is 11.6 Å². The lowest BCUT2D eigenvalue weighted by Crippen LogP contribution is -2.24. The number of carboxylic acid groups (broad SMARTS) is 1. The smallest absolute Gasteiger partial charge is 0.303 e. The molecule has 0 aliphatic heterocycles. The monoisotopic (exact) mass is 337 g/mol. The maximum absolute atomic E-state index is 12.2. The predicted octanol–water partition coefficient (Wildman–Crippen LogP) is 4.16. The van der Waals surface area contributed by atoms with E-state index in [-0.39, 0.29) is 12.3 Å². The summed E-state index contributed by atoms with van der Waals surface area (Å²) in [5, 5.41) is 12.7. The van der Waals surface area contributed by atoms with Gasteiger partial charge in [-0.15, -0.1) is 0 Å². The third-order valence-electron chi connectivity index (χ3n) is 3.72. The van der Waals surface area contributed by atoms with Gasteiger partial charge in [-0.1, -0.05) is 36.6 Å². The van der Waals surface area contributed by atoms with Crippen LogP contribution in [0.5, 0.6) is 0 Å². The number of hydrogen-bond acceptors (Lipinski definition) is 3. The first-order valence-electron chi connectivity index (χ1n) is 7.68. The fourth-order valence-corrected chi connectivity index (χ4v) is 2.68. The van der Waals surface area contributed by atoms with Crippen LogP contribution in [-0.4, -0.2) is 23.5 Å². The molecule has 5 nitrogen and oxygen atoms in total. The highest BCUT2D eigenvalue weighted by Crippen LogP contribution is 2.30. The van der Waals surface area contributed by atoms with Gasteiger partial charge in [0.05, 0.1) is 5.02 Å². The molecule has 0 bridgehead atoms. The van der Waals surface area contributed by atoms with E-state index in [4.69, 9.17) is 21.1 Å². The number of nitrogens with one attached hydrogen (secondary N) is 1. The largest absolute Gasteiger partial charge is 0.481 e. The van der Waals surface area contributed by atoms with Gasteiger partial charge in [0.25, 0.3) is 5.91 Å². The first-order valence-corrected chi connectivity index (χ1v) is 8.06. The molecule has 6 heteroatoms. The number of benzene rings is 1. The zero-order chi connectivity index (χ0) is 16.8. The summed E-state index contributed by atoms with van der Waals surface area (Å²) in [6, 6.07) is 5.43. The molecule has 0 aliphatic carbocycles. The molecule has 1 aromatic carbocycles. The highest BCUT2D eigenvalue weighted by molar-refractivity contribution is 6.35. The normalized spacial score (nSPS) is 10.9. The number of fused-ring (bicyclic) bond motifs is 1. The van der Waals surface area contributed by atoms with Crippen LogP contribution < -0.4 is 5.32 Å². The van der Waals surface area contributed by atoms with Crippen molar-refractivity contribution >= 4 is 34.4 Å². The molecule has 0 fully saturated rings. The Balaban J connectivity index is 1.83. The van der Waals surface area contributed by atoms with E-state index in [1.54, 1.807) is 6.07 Å². The first-order chi connectivity index (χ1) is 11.0. The lowest BCUT2D eigenvalue weighted by molar-refractivity contribution is -0.137. The number of carboxylic acids is 1. The second-order valence-corrected chi connectivity index (χ2v) is 5.89. The number of carbonyl (C=O) groups excluding carboxylic acids is 1. The van der Waals surface area contributed by atoms with Gasteiger partial charge in [0.2, 0.25) is 0 Å². The van der Waals surface area contributed by atoms with E-state index in [0.717, 1.165) is 30.2 Å². The Hall–Kier alpha value is -2.01. The lowest BCUT2D eigenvalue weighted by Gasteiger charge is -2.03. The van der Waals surface area contributed by atoms with Crippen LogP contribution in [0.2, 0.25) is 5.02 Å². The van der Waals surface area contributed by atoms with Crippen molar-refractivity contribution in [2.45, 2.75) is 39.0 Å². The Labute approximate surface area is 139 Å². The number of aryl methyl sites for hydroxylation is 1. The van der Waals surface area contributed by atoms with Crippen molar-refractivity contribution in [1.82, 2.24) is 5.32 Å². The Kier molecular flexibility index (Phi) is 6.04. The minimum absolute atomic E-state index is 0.200. The van der Waals surface area contributed by atoms with Crippen molar-refractivity contribution in [3.63, 3.8) is 0 Å². The predicted molar refractivity (Wildman–Crippen MR) is 89.0 cm³/mol. The summed E-state index contributed by atoms with van der Waals surface area (Å²) < 4.78 is 5.60. The molecule has 124 valence electrons. The molecule has 0 saturated carbocycles. The highest BCUT2D eigenvalue weighted by Gasteiger charge is 2.18. The van der Waals surface area contributed by atoms with Crippen LogP contribution in [0.3, 0.4) is 0 Å². The maximum atomic E-state index is 12.2. The van der Waals surface area contributed by atoms with E-state index in [9.17, 15) is 9.59 Å². The molecular weight excluding hydrogens is 318 g/mol.